The largest absolute Gasteiger partial charge is 0.449 e. The van der Waals surface area contributed by atoms with E-state index in [1.807, 2.05) is 0 Å². The van der Waals surface area contributed by atoms with Gasteiger partial charge in [0.15, 0.2) is 6.10 Å². The van der Waals surface area contributed by atoms with Crippen LogP contribution in [0.5, 0.6) is 0 Å². The van der Waals surface area contributed by atoms with Gasteiger partial charge in [-0.1, -0.05) is 12.1 Å². The van der Waals surface area contributed by atoms with Gasteiger partial charge in [-0.15, -0.1) is 0 Å². The zero-order valence-electron chi connectivity index (χ0n) is 13.9. The lowest BCUT2D eigenvalue weighted by molar-refractivity contribution is -0.144. The molecule has 2 rings (SSSR count). The third-order valence-electron chi connectivity index (χ3n) is 4.04. The van der Waals surface area contributed by atoms with E-state index in [2.05, 4.69) is 0 Å². The van der Waals surface area contributed by atoms with Crippen molar-refractivity contribution < 1.29 is 24.2 Å². The number of hydrogen-bond acceptors (Lipinski definition) is 5. The number of esters is 1. The van der Waals surface area contributed by atoms with Gasteiger partial charge >= 0.3 is 5.97 Å². The highest BCUT2D eigenvalue weighted by atomic mass is 16.5. The third kappa shape index (κ3) is 4.32. The Hall–Kier alpha value is -2.41. The van der Waals surface area contributed by atoms with E-state index in [1.165, 1.54) is 6.92 Å². The number of aliphatic hydroxyl groups is 1. The second kappa shape index (κ2) is 7.92. The van der Waals surface area contributed by atoms with Gasteiger partial charge in [-0.3, -0.25) is 9.59 Å². The number of ether oxygens (including phenoxy) is 1. The van der Waals surface area contributed by atoms with Crippen molar-refractivity contribution in [1.82, 2.24) is 9.80 Å². The first-order valence-corrected chi connectivity index (χ1v) is 7.87. The fourth-order valence-electron chi connectivity index (χ4n) is 2.52. The maximum absolute atomic E-state index is 12.4. The lowest BCUT2D eigenvalue weighted by Crippen LogP contribution is -2.52. The Kier molecular flexibility index (Phi) is 5.92. The summed E-state index contributed by atoms with van der Waals surface area (Å²) in [5.74, 6) is -0.853. The molecule has 1 aliphatic heterocycles. The predicted molar refractivity (Wildman–Crippen MR) is 86.1 cm³/mol. The van der Waals surface area contributed by atoms with E-state index in [9.17, 15) is 14.4 Å². The summed E-state index contributed by atoms with van der Waals surface area (Å²) in [6.45, 7) is 4.80. The number of aliphatic hydroxyl groups excluding tert-OH is 1. The van der Waals surface area contributed by atoms with Crippen LogP contribution in [0.25, 0.3) is 0 Å². The molecule has 130 valence electrons. The fraction of sp³-hybridized carbons (Fsp3) is 0.471. The summed E-state index contributed by atoms with van der Waals surface area (Å²) < 4.78 is 5.23. The average molecular weight is 334 g/mol. The molecule has 24 heavy (non-hydrogen) atoms. The molecule has 1 saturated heterocycles. The summed E-state index contributed by atoms with van der Waals surface area (Å²) in [5.41, 5.74) is 1.02. The van der Waals surface area contributed by atoms with Crippen LogP contribution < -0.4 is 0 Å². The van der Waals surface area contributed by atoms with Gasteiger partial charge < -0.3 is 19.6 Å². The molecule has 1 aliphatic rings. The Bertz CT molecular complexity index is 606. The van der Waals surface area contributed by atoms with Crippen molar-refractivity contribution in [2.75, 3.05) is 26.2 Å². The van der Waals surface area contributed by atoms with E-state index in [0.717, 1.165) is 0 Å². The summed E-state index contributed by atoms with van der Waals surface area (Å²) in [5, 5.41) is 8.99. The Morgan fingerprint density at radius 2 is 1.62 bits per heavy atom. The average Bonchev–Trinajstić information content (AvgIpc) is 2.61. The van der Waals surface area contributed by atoms with Gasteiger partial charge in [-0.05, 0) is 24.6 Å². The molecular weight excluding hydrogens is 312 g/mol. The molecule has 0 saturated carbocycles. The van der Waals surface area contributed by atoms with Crippen LogP contribution in [-0.4, -0.2) is 65.0 Å². The number of carbonyl (C=O) groups is 3. The zero-order valence-corrected chi connectivity index (χ0v) is 13.9. The summed E-state index contributed by atoms with van der Waals surface area (Å²) in [4.78, 5) is 39.0. The fourth-order valence-corrected chi connectivity index (χ4v) is 2.52. The van der Waals surface area contributed by atoms with Crippen molar-refractivity contribution in [3.63, 3.8) is 0 Å². The maximum atomic E-state index is 12.4. The van der Waals surface area contributed by atoms with Crippen LogP contribution in [0.1, 0.15) is 29.8 Å². The molecule has 1 fully saturated rings. The van der Waals surface area contributed by atoms with Crippen molar-refractivity contribution in [2.24, 2.45) is 0 Å². The van der Waals surface area contributed by atoms with Gasteiger partial charge in [0, 0.05) is 33.1 Å². The second-order valence-electron chi connectivity index (χ2n) is 5.73. The molecule has 7 nitrogen and oxygen atoms in total. The van der Waals surface area contributed by atoms with Gasteiger partial charge in [-0.25, -0.2) is 4.79 Å². The monoisotopic (exact) mass is 334 g/mol. The van der Waals surface area contributed by atoms with Crippen molar-refractivity contribution in [3.8, 4) is 0 Å². The number of nitrogens with zero attached hydrogens (tertiary/aromatic N) is 2. The van der Waals surface area contributed by atoms with Crippen molar-refractivity contribution in [2.45, 2.75) is 26.6 Å². The Balaban J connectivity index is 1.89. The number of rotatable bonds is 4. The predicted octanol–water partition coefficient (Wildman–Crippen LogP) is 0.415. The second-order valence-corrected chi connectivity index (χ2v) is 5.73. The van der Waals surface area contributed by atoms with Gasteiger partial charge in [0.2, 0.25) is 5.91 Å². The highest BCUT2D eigenvalue weighted by Crippen LogP contribution is 2.10. The topological polar surface area (TPSA) is 87.2 Å². The molecule has 0 aromatic heterocycles. The SMILES string of the molecule is CC(=O)N1CCN(C(=O)[C@H](C)OC(=O)c2ccc(CO)cc2)CC1. The molecule has 1 atom stereocenters. The molecule has 0 bridgehead atoms. The van der Waals surface area contributed by atoms with Gasteiger partial charge in [-0.2, -0.15) is 0 Å². The molecule has 1 heterocycles. The van der Waals surface area contributed by atoms with Gasteiger partial charge in [0.05, 0.1) is 12.2 Å². The normalized spacial score (nSPS) is 15.8. The number of hydrogen-bond donors (Lipinski definition) is 1. The van der Waals surface area contributed by atoms with E-state index in [-0.39, 0.29) is 18.4 Å². The van der Waals surface area contributed by atoms with E-state index >= 15 is 0 Å². The van der Waals surface area contributed by atoms with E-state index in [4.69, 9.17) is 9.84 Å². The smallest absolute Gasteiger partial charge is 0.338 e. The van der Waals surface area contributed by atoms with Gasteiger partial charge in [0.25, 0.3) is 5.91 Å². The van der Waals surface area contributed by atoms with Crippen molar-refractivity contribution >= 4 is 17.8 Å². The number of carbonyl (C=O) groups excluding carboxylic acids is 3. The minimum Gasteiger partial charge on any atom is -0.449 e. The van der Waals surface area contributed by atoms with E-state index < -0.39 is 12.1 Å². The Morgan fingerprint density at radius 3 is 2.12 bits per heavy atom. The summed E-state index contributed by atoms with van der Waals surface area (Å²) in [6.07, 6.45) is -0.890. The lowest BCUT2D eigenvalue weighted by Gasteiger charge is -2.35. The first-order chi connectivity index (χ1) is 11.4. The quantitative estimate of drug-likeness (QED) is 0.806. The van der Waals surface area contributed by atoms with Crippen LogP contribution in [0.4, 0.5) is 0 Å². The summed E-state index contributed by atoms with van der Waals surface area (Å²) in [7, 11) is 0. The minimum absolute atomic E-state index is 0.00657. The maximum Gasteiger partial charge on any atom is 0.338 e. The molecular formula is C17H22N2O5. The molecule has 0 spiro atoms. The van der Waals surface area contributed by atoms with Crippen LogP contribution in [0.2, 0.25) is 0 Å². The van der Waals surface area contributed by atoms with Gasteiger partial charge in [0.1, 0.15) is 0 Å². The number of benzene rings is 1. The number of amides is 2. The molecule has 1 N–H and O–H groups in total. The van der Waals surface area contributed by atoms with Crippen LogP contribution in [0.15, 0.2) is 24.3 Å². The van der Waals surface area contributed by atoms with E-state index in [0.29, 0.717) is 37.3 Å². The number of piperazine rings is 1. The lowest BCUT2D eigenvalue weighted by atomic mass is 10.1. The molecule has 2 amide bonds. The Morgan fingerprint density at radius 1 is 1.08 bits per heavy atom. The molecule has 1 aromatic rings. The van der Waals surface area contributed by atoms with Crippen LogP contribution in [0, 0.1) is 0 Å². The van der Waals surface area contributed by atoms with Crippen molar-refractivity contribution in [1.29, 1.82) is 0 Å². The highest BCUT2D eigenvalue weighted by Gasteiger charge is 2.28. The standard InChI is InChI=1S/C17H22N2O5/c1-12(16(22)19-9-7-18(8-10-19)13(2)21)24-17(23)15-5-3-14(11-20)4-6-15/h3-6,12,20H,7-11H2,1-2H3/t12-/m0/s1. The summed E-state index contributed by atoms with van der Waals surface area (Å²) >= 11 is 0. The molecule has 0 aliphatic carbocycles. The van der Waals surface area contributed by atoms with Crippen LogP contribution in [0.3, 0.4) is 0 Å². The first-order valence-electron chi connectivity index (χ1n) is 7.87. The summed E-state index contributed by atoms with van der Waals surface area (Å²) in [6, 6.07) is 6.36. The first kappa shape index (κ1) is 17.9. The van der Waals surface area contributed by atoms with Crippen molar-refractivity contribution in [3.05, 3.63) is 35.4 Å². The highest BCUT2D eigenvalue weighted by molar-refractivity contribution is 5.92. The molecule has 7 heteroatoms. The molecule has 1 aromatic carbocycles. The van der Waals surface area contributed by atoms with Crippen LogP contribution in [-0.2, 0) is 20.9 Å². The zero-order chi connectivity index (χ0) is 17.7. The molecule has 0 unspecified atom stereocenters. The van der Waals surface area contributed by atoms with Crippen LogP contribution >= 0.6 is 0 Å². The van der Waals surface area contributed by atoms with E-state index in [1.54, 1.807) is 41.0 Å². The molecule has 0 radical (unpaired) electrons. The third-order valence-corrected chi connectivity index (χ3v) is 4.04. The Labute approximate surface area is 140 Å². The minimum atomic E-state index is -0.890.